The number of amides is 1. The van der Waals surface area contributed by atoms with Crippen molar-refractivity contribution >= 4 is 5.91 Å². The lowest BCUT2D eigenvalue weighted by Gasteiger charge is -2.10. The predicted molar refractivity (Wildman–Crippen MR) is 84.9 cm³/mol. The van der Waals surface area contributed by atoms with E-state index < -0.39 is 0 Å². The lowest BCUT2D eigenvalue weighted by Crippen LogP contribution is -2.34. The Hall–Kier alpha value is -2.25. The van der Waals surface area contributed by atoms with Crippen LogP contribution in [0.25, 0.3) is 5.69 Å². The lowest BCUT2D eigenvalue weighted by molar-refractivity contribution is -0.120. The Morgan fingerprint density at radius 2 is 2.26 bits per heavy atom. The summed E-state index contributed by atoms with van der Waals surface area (Å²) < 4.78 is 20.8. The van der Waals surface area contributed by atoms with E-state index in [1.807, 2.05) is 6.92 Å². The van der Waals surface area contributed by atoms with Crippen molar-refractivity contribution in [2.45, 2.75) is 13.5 Å². The van der Waals surface area contributed by atoms with Gasteiger partial charge in [0.05, 0.1) is 18.8 Å². The van der Waals surface area contributed by atoms with Gasteiger partial charge in [-0.1, -0.05) is 6.07 Å². The van der Waals surface area contributed by atoms with Gasteiger partial charge in [0, 0.05) is 32.6 Å². The first-order valence-electron chi connectivity index (χ1n) is 7.37. The van der Waals surface area contributed by atoms with E-state index in [0.29, 0.717) is 30.2 Å². The molecule has 0 fully saturated rings. The summed E-state index contributed by atoms with van der Waals surface area (Å²) in [5.41, 5.74) is 1.14. The van der Waals surface area contributed by atoms with E-state index in [4.69, 9.17) is 4.74 Å². The van der Waals surface area contributed by atoms with Crippen LogP contribution in [0.2, 0.25) is 0 Å². The van der Waals surface area contributed by atoms with Crippen LogP contribution < -0.4 is 10.6 Å². The number of hydrogen-bond acceptors (Lipinski definition) is 4. The Balaban J connectivity index is 1.89. The summed E-state index contributed by atoms with van der Waals surface area (Å²) in [6.07, 6.45) is 3.33. The molecular formula is C16H21FN4O2. The molecule has 23 heavy (non-hydrogen) atoms. The Labute approximate surface area is 134 Å². The zero-order chi connectivity index (χ0) is 16.7. The van der Waals surface area contributed by atoms with Crippen LogP contribution in [0.5, 0.6) is 0 Å². The van der Waals surface area contributed by atoms with Gasteiger partial charge in [0.15, 0.2) is 0 Å². The predicted octanol–water partition coefficient (Wildman–Crippen LogP) is 1.17. The van der Waals surface area contributed by atoms with E-state index in [0.717, 1.165) is 0 Å². The van der Waals surface area contributed by atoms with Gasteiger partial charge < -0.3 is 19.9 Å². The average molecular weight is 320 g/mol. The summed E-state index contributed by atoms with van der Waals surface area (Å²) in [5, 5.41) is 5.69. The molecule has 7 heteroatoms. The van der Waals surface area contributed by atoms with Crippen LogP contribution in [0.1, 0.15) is 11.4 Å². The van der Waals surface area contributed by atoms with Crippen molar-refractivity contribution in [1.29, 1.82) is 0 Å². The number of halogens is 1. The van der Waals surface area contributed by atoms with Crippen molar-refractivity contribution < 1.29 is 13.9 Å². The Morgan fingerprint density at radius 1 is 1.43 bits per heavy atom. The highest BCUT2D eigenvalue weighted by Gasteiger charge is 2.08. The zero-order valence-corrected chi connectivity index (χ0v) is 13.3. The molecule has 0 atom stereocenters. The second-order valence-electron chi connectivity index (χ2n) is 5.08. The summed E-state index contributed by atoms with van der Waals surface area (Å²) in [6, 6.07) is 4.90. The molecule has 0 saturated heterocycles. The number of imidazole rings is 1. The minimum absolute atomic E-state index is 0.143. The molecule has 0 radical (unpaired) electrons. The summed E-state index contributed by atoms with van der Waals surface area (Å²) >= 11 is 0. The summed E-state index contributed by atoms with van der Waals surface area (Å²) in [5.74, 6) is 0.221. The van der Waals surface area contributed by atoms with Crippen molar-refractivity contribution in [3.63, 3.8) is 0 Å². The topological polar surface area (TPSA) is 68.2 Å². The van der Waals surface area contributed by atoms with Crippen LogP contribution in [0.15, 0.2) is 30.6 Å². The number of ether oxygens (including phenoxy) is 1. The molecule has 0 unspecified atom stereocenters. The van der Waals surface area contributed by atoms with Crippen molar-refractivity contribution in [3.05, 3.63) is 47.8 Å². The van der Waals surface area contributed by atoms with Gasteiger partial charge >= 0.3 is 0 Å². The third-order valence-corrected chi connectivity index (χ3v) is 3.36. The first-order chi connectivity index (χ1) is 11.1. The second kappa shape index (κ2) is 8.40. The number of aromatic nitrogens is 2. The second-order valence-corrected chi connectivity index (χ2v) is 5.08. The van der Waals surface area contributed by atoms with Crippen LogP contribution in [0, 0.1) is 12.7 Å². The largest absolute Gasteiger partial charge is 0.383 e. The minimum atomic E-state index is -0.351. The summed E-state index contributed by atoms with van der Waals surface area (Å²) in [4.78, 5) is 15.7. The maximum absolute atomic E-state index is 14.2. The molecule has 0 saturated carbocycles. The highest BCUT2D eigenvalue weighted by Crippen LogP contribution is 2.16. The fourth-order valence-corrected chi connectivity index (χ4v) is 2.13. The van der Waals surface area contributed by atoms with Crippen LogP contribution in [-0.2, 0) is 16.1 Å². The Morgan fingerprint density at radius 3 is 2.91 bits per heavy atom. The maximum Gasteiger partial charge on any atom is 0.234 e. The van der Waals surface area contributed by atoms with E-state index in [-0.39, 0.29) is 24.8 Å². The summed E-state index contributed by atoms with van der Waals surface area (Å²) in [6.45, 7) is 3.46. The number of nitrogens with zero attached hydrogens (tertiary/aromatic N) is 2. The highest BCUT2D eigenvalue weighted by atomic mass is 19.1. The molecule has 0 bridgehead atoms. The van der Waals surface area contributed by atoms with Gasteiger partial charge in [-0.05, 0) is 24.6 Å². The molecule has 2 rings (SSSR count). The van der Waals surface area contributed by atoms with E-state index in [1.165, 1.54) is 6.07 Å². The number of methoxy groups -OCH3 is 1. The molecule has 1 aromatic carbocycles. The number of aryl methyl sites for hydroxylation is 1. The number of benzene rings is 1. The smallest absolute Gasteiger partial charge is 0.234 e. The molecule has 2 aromatic rings. The zero-order valence-electron chi connectivity index (χ0n) is 13.3. The number of carbonyl (C=O) groups excluding carboxylic acids is 1. The molecule has 0 aliphatic heterocycles. The summed E-state index contributed by atoms with van der Waals surface area (Å²) in [7, 11) is 1.60. The highest BCUT2D eigenvalue weighted by molar-refractivity contribution is 5.77. The third kappa shape index (κ3) is 4.87. The SMILES string of the molecule is COCCNCC(=O)NCc1ccc(-n2ccnc2C)c(F)c1. The van der Waals surface area contributed by atoms with Crippen LogP contribution in [0.4, 0.5) is 4.39 Å². The number of carbonyl (C=O) groups is 1. The molecule has 1 heterocycles. The molecular weight excluding hydrogens is 299 g/mol. The molecule has 0 aliphatic carbocycles. The average Bonchev–Trinajstić information content (AvgIpc) is 2.95. The number of nitrogens with one attached hydrogen (secondary N) is 2. The van der Waals surface area contributed by atoms with Gasteiger partial charge in [0.1, 0.15) is 11.6 Å². The number of hydrogen-bond donors (Lipinski definition) is 2. The molecule has 124 valence electrons. The monoisotopic (exact) mass is 320 g/mol. The Bertz CT molecular complexity index is 657. The maximum atomic E-state index is 14.2. The van der Waals surface area contributed by atoms with Crippen LogP contribution in [0.3, 0.4) is 0 Å². The minimum Gasteiger partial charge on any atom is -0.383 e. The van der Waals surface area contributed by atoms with Crippen LogP contribution >= 0.6 is 0 Å². The fraction of sp³-hybridized carbons (Fsp3) is 0.375. The van der Waals surface area contributed by atoms with Gasteiger partial charge in [-0.3, -0.25) is 4.79 Å². The standard InChI is InChI=1S/C16H21FN4O2/c1-12-19-5-7-21(12)15-4-3-13(9-14(15)17)10-20-16(22)11-18-6-8-23-2/h3-5,7,9,18H,6,8,10-11H2,1-2H3,(H,20,22). The first-order valence-corrected chi connectivity index (χ1v) is 7.37. The normalized spacial score (nSPS) is 10.7. The quantitative estimate of drug-likeness (QED) is 0.717. The van der Waals surface area contributed by atoms with Crippen molar-refractivity contribution in [3.8, 4) is 5.69 Å². The first kappa shape index (κ1) is 17.1. The lowest BCUT2D eigenvalue weighted by atomic mass is 10.2. The molecule has 0 spiro atoms. The van der Waals surface area contributed by atoms with Crippen molar-refractivity contribution in [2.75, 3.05) is 26.8 Å². The van der Waals surface area contributed by atoms with Crippen molar-refractivity contribution in [1.82, 2.24) is 20.2 Å². The fourth-order valence-electron chi connectivity index (χ4n) is 2.13. The van der Waals surface area contributed by atoms with Gasteiger partial charge in [-0.2, -0.15) is 0 Å². The van der Waals surface area contributed by atoms with Crippen LogP contribution in [-0.4, -0.2) is 42.3 Å². The van der Waals surface area contributed by atoms with E-state index >= 15 is 0 Å². The number of rotatable bonds is 8. The van der Waals surface area contributed by atoms with E-state index in [2.05, 4.69) is 15.6 Å². The van der Waals surface area contributed by atoms with E-state index in [9.17, 15) is 9.18 Å². The van der Waals surface area contributed by atoms with Gasteiger partial charge in [-0.15, -0.1) is 0 Å². The third-order valence-electron chi connectivity index (χ3n) is 3.36. The van der Waals surface area contributed by atoms with Gasteiger partial charge in [0.2, 0.25) is 5.91 Å². The molecule has 2 N–H and O–H groups in total. The molecule has 6 nitrogen and oxygen atoms in total. The van der Waals surface area contributed by atoms with Gasteiger partial charge in [0.25, 0.3) is 0 Å². The van der Waals surface area contributed by atoms with E-state index in [1.54, 1.807) is 36.2 Å². The molecule has 0 aliphatic rings. The van der Waals surface area contributed by atoms with Crippen molar-refractivity contribution in [2.24, 2.45) is 0 Å². The Kier molecular flexibility index (Phi) is 6.25. The molecule has 1 aromatic heterocycles. The molecule has 1 amide bonds. The van der Waals surface area contributed by atoms with Gasteiger partial charge in [-0.25, -0.2) is 9.37 Å².